The molecule has 5 nitrogen and oxygen atoms in total. The zero-order valence-corrected chi connectivity index (χ0v) is 9.36. The molecule has 0 fully saturated rings. The normalized spacial score (nSPS) is 9.75. The number of nitrogen functional groups attached to an aromatic ring is 1. The minimum atomic E-state index is 0. The summed E-state index contributed by atoms with van der Waals surface area (Å²) in [6.45, 7) is 0. The van der Waals surface area contributed by atoms with Crippen LogP contribution in [-0.2, 0) is 39.8 Å². The zero-order chi connectivity index (χ0) is 7.84. The van der Waals surface area contributed by atoms with E-state index in [1.54, 1.807) is 10.8 Å². The van der Waals surface area contributed by atoms with Crippen LogP contribution in [0.4, 0.5) is 5.95 Å². The number of aryl methyl sites for hydroxylation is 1. The molecular formula is C6H6N5Y-. The van der Waals surface area contributed by atoms with Crippen LogP contribution in [0.5, 0.6) is 0 Å². The van der Waals surface area contributed by atoms with Crippen LogP contribution >= 0.6 is 0 Å². The van der Waals surface area contributed by atoms with Crippen molar-refractivity contribution >= 4 is 17.0 Å². The summed E-state index contributed by atoms with van der Waals surface area (Å²) in [6.07, 6.45) is 4.25. The van der Waals surface area contributed by atoms with E-state index in [1.165, 1.54) is 0 Å². The summed E-state index contributed by atoms with van der Waals surface area (Å²) in [7, 11) is 1.82. The van der Waals surface area contributed by atoms with Gasteiger partial charge in [0, 0.05) is 32.7 Å². The molecule has 0 saturated carbocycles. The molecule has 2 heterocycles. The first kappa shape index (κ1) is 9.54. The van der Waals surface area contributed by atoms with Crippen LogP contribution < -0.4 is 5.73 Å². The first-order valence-electron chi connectivity index (χ1n) is 3.10. The maximum absolute atomic E-state index is 5.53. The molecule has 0 bridgehead atoms. The van der Waals surface area contributed by atoms with E-state index in [1.807, 2.05) is 7.05 Å². The number of imidazole rings is 1. The van der Waals surface area contributed by atoms with Gasteiger partial charge < -0.3 is 10.3 Å². The predicted octanol–water partition coefficient (Wildman–Crippen LogP) is -0.257. The summed E-state index contributed by atoms with van der Waals surface area (Å²) in [4.78, 5) is 4.00. The van der Waals surface area contributed by atoms with E-state index in [2.05, 4.69) is 21.4 Å². The third-order valence-corrected chi connectivity index (χ3v) is 1.57. The van der Waals surface area contributed by atoms with E-state index >= 15 is 0 Å². The van der Waals surface area contributed by atoms with Crippen LogP contribution in [0.15, 0.2) is 6.20 Å². The van der Waals surface area contributed by atoms with Gasteiger partial charge in [0.05, 0.1) is 0 Å². The summed E-state index contributed by atoms with van der Waals surface area (Å²) in [5, 5.41) is 7.23. The molecule has 2 rings (SSSR count). The van der Waals surface area contributed by atoms with Gasteiger partial charge in [0.25, 0.3) is 0 Å². The van der Waals surface area contributed by atoms with Crippen LogP contribution in [0.1, 0.15) is 0 Å². The van der Waals surface area contributed by atoms with Gasteiger partial charge in [-0.1, -0.05) is 17.2 Å². The van der Waals surface area contributed by atoms with Crippen LogP contribution in [0.3, 0.4) is 0 Å². The molecule has 0 atom stereocenters. The largest absolute Gasteiger partial charge is 0.391 e. The van der Waals surface area contributed by atoms with E-state index in [0.717, 1.165) is 5.52 Å². The topological polar surface area (TPSA) is 69.6 Å². The van der Waals surface area contributed by atoms with Crippen LogP contribution in [0.2, 0.25) is 0 Å². The van der Waals surface area contributed by atoms with Crippen molar-refractivity contribution in [1.82, 2.24) is 19.7 Å². The average molecular weight is 237 g/mol. The third-order valence-electron chi connectivity index (χ3n) is 1.57. The Morgan fingerprint density at radius 3 is 3.00 bits per heavy atom. The molecule has 59 valence electrons. The maximum Gasteiger partial charge on any atom is 0.181 e. The van der Waals surface area contributed by atoms with Crippen molar-refractivity contribution in [2.45, 2.75) is 0 Å². The number of rotatable bonds is 0. The van der Waals surface area contributed by atoms with Gasteiger partial charge in [-0.15, -0.1) is 0 Å². The Labute approximate surface area is 94.2 Å². The van der Waals surface area contributed by atoms with Crippen LogP contribution in [0, 0.1) is 6.20 Å². The van der Waals surface area contributed by atoms with Crippen LogP contribution in [-0.4, -0.2) is 19.7 Å². The fraction of sp³-hybridized carbons (Fsp3) is 0.167. The van der Waals surface area contributed by atoms with E-state index in [0.29, 0.717) is 11.5 Å². The Balaban J connectivity index is 0.000000720. The van der Waals surface area contributed by atoms with Gasteiger partial charge in [-0.05, 0) is 13.2 Å². The Morgan fingerprint density at radius 2 is 2.33 bits per heavy atom. The Morgan fingerprint density at radius 1 is 1.58 bits per heavy atom. The number of fused-ring (bicyclic) bond motifs is 1. The molecule has 0 aromatic carbocycles. The second-order valence-corrected chi connectivity index (χ2v) is 2.22. The summed E-state index contributed by atoms with van der Waals surface area (Å²) in [5.41, 5.74) is 7.03. The SMILES string of the molecule is Cn1c(N)nc2[c-]nncc21.[Y]. The van der Waals surface area contributed by atoms with Gasteiger partial charge in [-0.25, -0.2) is 0 Å². The van der Waals surface area contributed by atoms with Gasteiger partial charge in [-0.3, -0.25) is 10.1 Å². The molecule has 2 aromatic heterocycles. The first-order valence-corrected chi connectivity index (χ1v) is 3.10. The van der Waals surface area contributed by atoms with Gasteiger partial charge in [0.2, 0.25) is 0 Å². The molecule has 6 heteroatoms. The number of anilines is 1. The molecule has 12 heavy (non-hydrogen) atoms. The van der Waals surface area contributed by atoms with Gasteiger partial charge in [-0.2, -0.15) is 5.10 Å². The summed E-state index contributed by atoms with van der Waals surface area (Å²) in [5.74, 6) is 0.450. The van der Waals surface area contributed by atoms with E-state index in [4.69, 9.17) is 5.73 Å². The number of nitrogens with two attached hydrogens (primary N) is 1. The van der Waals surface area contributed by atoms with Crippen molar-refractivity contribution < 1.29 is 32.7 Å². The molecule has 2 aromatic rings. The molecule has 0 aliphatic heterocycles. The smallest absolute Gasteiger partial charge is 0.181 e. The molecule has 0 saturated heterocycles. The van der Waals surface area contributed by atoms with Crippen LogP contribution in [0.25, 0.3) is 11.0 Å². The van der Waals surface area contributed by atoms with Crippen molar-refractivity contribution in [3.05, 3.63) is 12.4 Å². The fourth-order valence-electron chi connectivity index (χ4n) is 0.919. The first-order chi connectivity index (χ1) is 5.29. The molecular weight excluding hydrogens is 231 g/mol. The Kier molecular flexibility index (Phi) is 2.74. The van der Waals surface area contributed by atoms with E-state index < -0.39 is 0 Å². The van der Waals surface area contributed by atoms with Gasteiger partial charge in [0.1, 0.15) is 0 Å². The van der Waals surface area contributed by atoms with E-state index in [9.17, 15) is 0 Å². The summed E-state index contributed by atoms with van der Waals surface area (Å²) >= 11 is 0. The molecule has 0 aliphatic carbocycles. The Hall–Kier alpha value is -0.546. The molecule has 0 amide bonds. The minimum absolute atomic E-state index is 0. The van der Waals surface area contributed by atoms with Crippen molar-refractivity contribution in [2.75, 3.05) is 5.73 Å². The molecule has 0 unspecified atom stereocenters. The second-order valence-electron chi connectivity index (χ2n) is 2.22. The third kappa shape index (κ3) is 1.34. The summed E-state index contributed by atoms with van der Waals surface area (Å²) in [6, 6.07) is 0. The summed E-state index contributed by atoms with van der Waals surface area (Å²) < 4.78 is 1.74. The van der Waals surface area contributed by atoms with Crippen molar-refractivity contribution in [1.29, 1.82) is 0 Å². The molecule has 0 spiro atoms. The number of hydrogen-bond donors (Lipinski definition) is 1. The maximum atomic E-state index is 5.53. The fourth-order valence-corrected chi connectivity index (χ4v) is 0.919. The Bertz CT molecular complexity index is 396. The average Bonchev–Trinajstić information content (AvgIpc) is 2.30. The zero-order valence-electron chi connectivity index (χ0n) is 6.52. The predicted molar refractivity (Wildman–Crippen MR) is 39.6 cm³/mol. The standard InChI is InChI=1S/C6H6N5.Y/c1-11-5-3-9-8-2-4(5)10-6(11)7;/h3H,1H3,(H2,7,10);/q-1;. The van der Waals surface area contributed by atoms with Gasteiger partial charge in [0.15, 0.2) is 5.95 Å². The van der Waals surface area contributed by atoms with Crippen molar-refractivity contribution in [3.8, 4) is 0 Å². The number of hydrogen-bond acceptors (Lipinski definition) is 4. The number of nitrogens with zero attached hydrogens (tertiary/aromatic N) is 4. The molecule has 1 radical (unpaired) electrons. The van der Waals surface area contributed by atoms with E-state index in [-0.39, 0.29) is 32.7 Å². The molecule has 0 aliphatic rings. The minimum Gasteiger partial charge on any atom is -0.391 e. The quantitative estimate of drug-likeness (QED) is 0.641. The molecule has 2 N–H and O–H groups in total. The van der Waals surface area contributed by atoms with Crippen molar-refractivity contribution in [2.24, 2.45) is 7.05 Å². The van der Waals surface area contributed by atoms with Gasteiger partial charge >= 0.3 is 0 Å². The monoisotopic (exact) mass is 237 g/mol. The van der Waals surface area contributed by atoms with Crippen molar-refractivity contribution in [3.63, 3.8) is 0 Å². The number of aromatic nitrogens is 4. The second kappa shape index (κ2) is 3.45.